The Morgan fingerprint density at radius 1 is 1.52 bits per heavy atom. The van der Waals surface area contributed by atoms with Crippen LogP contribution in [0.15, 0.2) is 22.6 Å². The number of nitrogens with zero attached hydrogens (tertiary/aromatic N) is 3. The Morgan fingerprint density at radius 3 is 3.05 bits per heavy atom. The van der Waals surface area contributed by atoms with Crippen LogP contribution in [0.1, 0.15) is 13.3 Å². The third-order valence-corrected chi connectivity index (χ3v) is 4.01. The molecule has 1 aromatic carbocycles. The number of oxazole rings is 1. The van der Waals surface area contributed by atoms with Crippen LogP contribution < -0.4 is 5.32 Å². The summed E-state index contributed by atoms with van der Waals surface area (Å²) in [5.41, 5.74) is 0.707. The second-order valence-electron chi connectivity index (χ2n) is 5.68. The van der Waals surface area contributed by atoms with E-state index in [9.17, 15) is 10.1 Å². The third kappa shape index (κ3) is 2.69. The van der Waals surface area contributed by atoms with Crippen molar-refractivity contribution < 1.29 is 9.34 Å². The molecule has 0 amide bonds. The van der Waals surface area contributed by atoms with E-state index in [1.54, 1.807) is 12.1 Å². The Kier molecular flexibility index (Phi) is 3.50. The van der Waals surface area contributed by atoms with Gasteiger partial charge in [-0.1, -0.05) is 13.0 Å². The van der Waals surface area contributed by atoms with Crippen molar-refractivity contribution in [1.82, 2.24) is 9.88 Å². The van der Waals surface area contributed by atoms with Gasteiger partial charge in [-0.3, -0.25) is 10.1 Å². The second-order valence-corrected chi connectivity index (χ2v) is 5.68. The number of aromatic nitrogens is 1. The van der Waals surface area contributed by atoms with E-state index in [0.717, 1.165) is 19.5 Å². The van der Waals surface area contributed by atoms with Crippen molar-refractivity contribution in [2.75, 3.05) is 25.5 Å². The molecule has 0 radical (unpaired) electrons. The van der Waals surface area contributed by atoms with Gasteiger partial charge in [-0.15, -0.1) is 0 Å². The number of hydrogen-bond donors (Lipinski definition) is 1. The molecule has 2 aromatic rings. The number of nitrogens with one attached hydrogen (secondary N) is 1. The topological polar surface area (TPSA) is 84.4 Å². The molecule has 0 aliphatic carbocycles. The lowest BCUT2D eigenvalue weighted by molar-refractivity contribution is -0.383. The highest BCUT2D eigenvalue weighted by atomic mass is 16.6. The molecule has 1 aromatic heterocycles. The van der Waals surface area contributed by atoms with Crippen LogP contribution in [0.4, 0.5) is 11.7 Å². The minimum Gasteiger partial charge on any atom is -0.423 e. The van der Waals surface area contributed by atoms with Crippen molar-refractivity contribution in [2.45, 2.75) is 19.4 Å². The van der Waals surface area contributed by atoms with Gasteiger partial charge in [0.05, 0.1) is 4.92 Å². The molecule has 7 heteroatoms. The van der Waals surface area contributed by atoms with Crippen LogP contribution in [-0.2, 0) is 0 Å². The molecular weight excluding hydrogens is 272 g/mol. The average molecular weight is 290 g/mol. The highest BCUT2D eigenvalue weighted by Gasteiger charge is 2.26. The highest BCUT2D eigenvalue weighted by molar-refractivity contribution is 5.84. The molecule has 1 aliphatic rings. The van der Waals surface area contributed by atoms with Gasteiger partial charge in [-0.25, -0.2) is 0 Å². The molecule has 2 atom stereocenters. The summed E-state index contributed by atoms with van der Waals surface area (Å²) in [5, 5.41) is 14.3. The quantitative estimate of drug-likeness (QED) is 0.690. The Labute approximate surface area is 122 Å². The van der Waals surface area contributed by atoms with E-state index >= 15 is 0 Å². The molecular formula is C14H18N4O3. The largest absolute Gasteiger partial charge is 0.423 e. The number of rotatable bonds is 3. The zero-order valence-corrected chi connectivity index (χ0v) is 12.1. The molecule has 0 bridgehead atoms. The number of likely N-dealkylation sites (tertiary alicyclic amines) is 1. The lowest BCUT2D eigenvalue weighted by Gasteiger charge is -2.34. The van der Waals surface area contributed by atoms with Crippen molar-refractivity contribution in [3.63, 3.8) is 0 Å². The summed E-state index contributed by atoms with van der Waals surface area (Å²) in [6.45, 7) is 4.21. The molecule has 2 unspecified atom stereocenters. The first-order chi connectivity index (χ1) is 10.0. The standard InChI is InChI=1S/C14H18N4O3/c1-9-8-17(2)7-6-10(9)15-14-16-13-11(18(19)20)4-3-5-12(13)21-14/h3-5,9-10H,6-8H2,1-2H3,(H,15,16). The van der Waals surface area contributed by atoms with Crippen LogP contribution in [0.25, 0.3) is 11.1 Å². The number of hydrogen-bond acceptors (Lipinski definition) is 6. The first-order valence-electron chi connectivity index (χ1n) is 7.03. The van der Waals surface area contributed by atoms with Crippen LogP contribution in [0.2, 0.25) is 0 Å². The van der Waals surface area contributed by atoms with Gasteiger partial charge >= 0.3 is 0 Å². The Balaban J connectivity index is 1.85. The van der Waals surface area contributed by atoms with Gasteiger partial charge in [0.15, 0.2) is 11.1 Å². The third-order valence-electron chi connectivity index (χ3n) is 4.01. The fourth-order valence-electron chi connectivity index (χ4n) is 2.87. The number of fused-ring (bicyclic) bond motifs is 1. The number of nitro groups is 1. The summed E-state index contributed by atoms with van der Waals surface area (Å²) in [4.78, 5) is 17.1. The molecule has 3 rings (SSSR count). The van der Waals surface area contributed by atoms with Gasteiger partial charge in [0.1, 0.15) is 0 Å². The second kappa shape index (κ2) is 5.33. The highest BCUT2D eigenvalue weighted by Crippen LogP contribution is 2.28. The van der Waals surface area contributed by atoms with Gasteiger partial charge in [-0.05, 0) is 32.0 Å². The molecule has 2 heterocycles. The van der Waals surface area contributed by atoms with E-state index in [1.165, 1.54) is 6.07 Å². The lowest BCUT2D eigenvalue weighted by Crippen LogP contribution is -2.43. The molecule has 1 aliphatic heterocycles. The minimum atomic E-state index is -0.438. The zero-order valence-electron chi connectivity index (χ0n) is 12.1. The summed E-state index contributed by atoms with van der Waals surface area (Å²) in [7, 11) is 2.11. The first kappa shape index (κ1) is 13.8. The van der Waals surface area contributed by atoms with E-state index in [2.05, 4.69) is 29.2 Å². The molecule has 1 N–H and O–H groups in total. The van der Waals surface area contributed by atoms with Crippen LogP contribution >= 0.6 is 0 Å². The summed E-state index contributed by atoms with van der Waals surface area (Å²) >= 11 is 0. The van der Waals surface area contributed by atoms with Gasteiger partial charge in [0.2, 0.25) is 0 Å². The van der Waals surface area contributed by atoms with Crippen molar-refractivity contribution in [2.24, 2.45) is 5.92 Å². The van der Waals surface area contributed by atoms with Crippen molar-refractivity contribution >= 4 is 22.8 Å². The summed E-state index contributed by atoms with van der Waals surface area (Å²) in [5.74, 6) is 0.466. The maximum absolute atomic E-state index is 11.0. The zero-order chi connectivity index (χ0) is 15.0. The van der Waals surface area contributed by atoms with Crippen LogP contribution in [-0.4, -0.2) is 41.0 Å². The van der Waals surface area contributed by atoms with Gasteiger partial charge in [0.25, 0.3) is 11.7 Å². The van der Waals surface area contributed by atoms with Crippen LogP contribution in [0, 0.1) is 16.0 Å². The molecule has 7 nitrogen and oxygen atoms in total. The van der Waals surface area contributed by atoms with E-state index in [1.807, 2.05) is 0 Å². The summed E-state index contributed by atoms with van der Waals surface area (Å²) in [6, 6.07) is 5.37. The smallest absolute Gasteiger partial charge is 0.298 e. The average Bonchev–Trinajstić information content (AvgIpc) is 2.83. The maximum Gasteiger partial charge on any atom is 0.298 e. The lowest BCUT2D eigenvalue weighted by atomic mass is 9.94. The van der Waals surface area contributed by atoms with Crippen LogP contribution in [0.5, 0.6) is 0 Å². The molecule has 112 valence electrons. The normalized spacial score (nSPS) is 23.3. The predicted octanol–water partition coefficient (Wildman–Crippen LogP) is 2.49. The van der Waals surface area contributed by atoms with Crippen molar-refractivity contribution in [1.29, 1.82) is 0 Å². The number of piperidine rings is 1. The molecule has 21 heavy (non-hydrogen) atoms. The van der Waals surface area contributed by atoms with Crippen molar-refractivity contribution in [3.05, 3.63) is 28.3 Å². The minimum absolute atomic E-state index is 0.0271. The van der Waals surface area contributed by atoms with Crippen LogP contribution in [0.3, 0.4) is 0 Å². The summed E-state index contributed by atoms with van der Waals surface area (Å²) in [6.07, 6.45) is 0.998. The Bertz CT molecular complexity index is 669. The number of non-ortho nitro benzene ring substituents is 1. The maximum atomic E-state index is 11.0. The Hall–Kier alpha value is -2.15. The number of anilines is 1. The van der Waals surface area contributed by atoms with E-state index in [4.69, 9.17) is 4.42 Å². The fourth-order valence-corrected chi connectivity index (χ4v) is 2.87. The SMILES string of the molecule is CC1CN(C)CCC1Nc1nc2c([N+](=O)[O-])cccc2o1. The number of para-hydroxylation sites is 1. The fraction of sp³-hybridized carbons (Fsp3) is 0.500. The van der Waals surface area contributed by atoms with E-state index < -0.39 is 4.92 Å². The first-order valence-corrected chi connectivity index (χ1v) is 7.03. The number of benzene rings is 1. The summed E-state index contributed by atoms with van der Waals surface area (Å²) < 4.78 is 5.60. The molecule has 1 fully saturated rings. The monoisotopic (exact) mass is 290 g/mol. The van der Waals surface area contributed by atoms with Crippen molar-refractivity contribution in [3.8, 4) is 0 Å². The molecule has 0 saturated carbocycles. The van der Waals surface area contributed by atoms with Gasteiger partial charge in [0, 0.05) is 18.7 Å². The predicted molar refractivity (Wildman–Crippen MR) is 79.4 cm³/mol. The van der Waals surface area contributed by atoms with E-state index in [-0.39, 0.29) is 11.7 Å². The Morgan fingerprint density at radius 2 is 2.33 bits per heavy atom. The molecule has 0 spiro atoms. The van der Waals surface area contributed by atoms with Gasteiger partial charge in [-0.2, -0.15) is 4.98 Å². The van der Waals surface area contributed by atoms with Gasteiger partial charge < -0.3 is 14.6 Å². The number of nitro benzene ring substituents is 1. The molecule has 1 saturated heterocycles. The van der Waals surface area contributed by atoms with E-state index in [0.29, 0.717) is 23.0 Å².